The van der Waals surface area contributed by atoms with E-state index in [2.05, 4.69) is 133 Å². The maximum absolute atomic E-state index is 5.23. The predicted octanol–water partition coefficient (Wildman–Crippen LogP) is 11.8. The molecule has 4 heterocycles. The van der Waals surface area contributed by atoms with Gasteiger partial charge in [-0.3, -0.25) is 0 Å². The normalized spacial score (nSPS) is 12.5. The molecule has 47 heavy (non-hydrogen) atoms. The summed E-state index contributed by atoms with van der Waals surface area (Å²) in [7, 11) is 0. The molecule has 0 aliphatic heterocycles. The highest BCUT2D eigenvalue weighted by molar-refractivity contribution is 7.26. The Morgan fingerprint density at radius 2 is 1.28 bits per heavy atom. The van der Waals surface area contributed by atoms with E-state index >= 15 is 0 Å². The molecule has 0 saturated carbocycles. The number of hydrogen-bond acceptors (Lipinski definition) is 5. The average Bonchev–Trinajstić information content (AvgIpc) is 3.85. The van der Waals surface area contributed by atoms with Gasteiger partial charge in [-0.05, 0) is 36.3 Å². The standard InChI is InChI=1S/C42H25N3S2/c1-2-10-25(11-3-1)34-24-35(31-15-8-14-29-28-12-5-7-18-36(28)46-40(29)31)45-42(44-34)27-22-20-26(21-23-27)39-38-32-16-9-19-37(32)47-41(38)30-13-4-6-17-33(30)43-39/h1-15,17-24H,16H2. The van der Waals surface area contributed by atoms with Crippen molar-refractivity contribution in [1.29, 1.82) is 0 Å². The van der Waals surface area contributed by atoms with Crippen molar-refractivity contribution in [3.63, 3.8) is 0 Å². The first-order valence-electron chi connectivity index (χ1n) is 15.8. The Morgan fingerprint density at radius 1 is 0.532 bits per heavy atom. The third-order valence-electron chi connectivity index (χ3n) is 9.14. The molecule has 220 valence electrons. The fourth-order valence-electron chi connectivity index (χ4n) is 6.89. The van der Waals surface area contributed by atoms with Gasteiger partial charge in [-0.15, -0.1) is 22.7 Å². The van der Waals surface area contributed by atoms with Crippen molar-refractivity contribution in [2.45, 2.75) is 6.42 Å². The number of rotatable bonds is 4. The van der Waals surface area contributed by atoms with Crippen molar-refractivity contribution in [3.8, 4) is 45.2 Å². The first-order valence-corrected chi connectivity index (χ1v) is 17.4. The van der Waals surface area contributed by atoms with Gasteiger partial charge >= 0.3 is 0 Å². The van der Waals surface area contributed by atoms with Crippen molar-refractivity contribution in [3.05, 3.63) is 144 Å². The molecule has 0 N–H and O–H groups in total. The van der Waals surface area contributed by atoms with Gasteiger partial charge in [-0.1, -0.05) is 115 Å². The number of para-hydroxylation sites is 1. The van der Waals surface area contributed by atoms with Crippen molar-refractivity contribution in [1.82, 2.24) is 15.0 Å². The van der Waals surface area contributed by atoms with Gasteiger partial charge in [0.1, 0.15) is 0 Å². The fraction of sp³-hybridized carbons (Fsp3) is 0.0238. The largest absolute Gasteiger partial charge is 0.247 e. The third kappa shape index (κ3) is 4.28. The van der Waals surface area contributed by atoms with Gasteiger partial charge in [-0.25, -0.2) is 15.0 Å². The van der Waals surface area contributed by atoms with Crippen LogP contribution in [0.15, 0.2) is 133 Å². The number of hydrogen-bond donors (Lipinski definition) is 0. The summed E-state index contributed by atoms with van der Waals surface area (Å²) in [6, 6.07) is 44.9. The van der Waals surface area contributed by atoms with Crippen molar-refractivity contribution < 1.29 is 0 Å². The van der Waals surface area contributed by atoms with E-state index in [0.717, 1.165) is 51.3 Å². The van der Waals surface area contributed by atoms with E-state index in [-0.39, 0.29) is 0 Å². The topological polar surface area (TPSA) is 38.7 Å². The molecule has 9 aromatic rings. The molecule has 3 nitrogen and oxygen atoms in total. The van der Waals surface area contributed by atoms with Gasteiger partial charge < -0.3 is 0 Å². The Morgan fingerprint density at radius 3 is 2.17 bits per heavy atom. The minimum Gasteiger partial charge on any atom is -0.247 e. The zero-order valence-electron chi connectivity index (χ0n) is 25.1. The van der Waals surface area contributed by atoms with Gasteiger partial charge in [0.05, 0.1) is 22.6 Å². The Kier molecular flexibility index (Phi) is 5.98. The number of aromatic nitrogens is 3. The Balaban J connectivity index is 1.14. The van der Waals surface area contributed by atoms with Crippen LogP contribution in [0.4, 0.5) is 0 Å². The Hall–Kier alpha value is -5.49. The van der Waals surface area contributed by atoms with Crippen LogP contribution in [0.3, 0.4) is 0 Å². The maximum atomic E-state index is 5.23. The van der Waals surface area contributed by atoms with Crippen LogP contribution in [0.1, 0.15) is 10.4 Å². The van der Waals surface area contributed by atoms with Crippen LogP contribution in [0, 0.1) is 0 Å². The molecule has 0 spiro atoms. The summed E-state index contributed by atoms with van der Waals surface area (Å²) in [4.78, 5) is 16.9. The lowest BCUT2D eigenvalue weighted by Crippen LogP contribution is -1.96. The number of allylic oxidation sites excluding steroid dienone is 1. The average molecular weight is 636 g/mol. The van der Waals surface area contributed by atoms with E-state index in [9.17, 15) is 0 Å². The van der Waals surface area contributed by atoms with Crippen LogP contribution in [-0.4, -0.2) is 15.0 Å². The molecule has 5 heteroatoms. The first-order chi connectivity index (χ1) is 23.3. The van der Waals surface area contributed by atoms with E-state index in [1.54, 1.807) is 0 Å². The number of nitrogens with zero attached hydrogens (tertiary/aromatic N) is 3. The third-order valence-corrected chi connectivity index (χ3v) is 11.6. The van der Waals surface area contributed by atoms with Crippen LogP contribution in [0.5, 0.6) is 0 Å². The maximum Gasteiger partial charge on any atom is 0.160 e. The Labute approximate surface area is 279 Å². The summed E-state index contributed by atoms with van der Waals surface area (Å²) in [5.74, 6) is 0.711. The van der Waals surface area contributed by atoms with E-state index in [1.807, 2.05) is 28.7 Å². The molecule has 0 amide bonds. The number of fused-ring (bicyclic) bond motifs is 8. The van der Waals surface area contributed by atoms with E-state index in [0.29, 0.717) is 5.82 Å². The molecule has 0 bridgehead atoms. The summed E-state index contributed by atoms with van der Waals surface area (Å²) in [6.45, 7) is 0. The van der Waals surface area contributed by atoms with Crippen LogP contribution < -0.4 is 0 Å². The number of pyridine rings is 1. The lowest BCUT2D eigenvalue weighted by molar-refractivity contribution is 1.19. The molecule has 10 rings (SSSR count). The minimum absolute atomic E-state index is 0.711. The van der Waals surface area contributed by atoms with Gasteiger partial charge in [0, 0.05) is 62.8 Å². The molecule has 0 atom stereocenters. The van der Waals surface area contributed by atoms with Gasteiger partial charge in [0.2, 0.25) is 0 Å². The summed E-state index contributed by atoms with van der Waals surface area (Å²) in [6.07, 6.45) is 5.47. The second-order valence-electron chi connectivity index (χ2n) is 11.9. The van der Waals surface area contributed by atoms with Gasteiger partial charge in [0.15, 0.2) is 5.82 Å². The van der Waals surface area contributed by atoms with E-state index in [1.165, 1.54) is 46.1 Å². The SMILES string of the molecule is C1=Cc2sc3c(c(-c4ccc(-c5nc(-c6ccccc6)cc(-c6cccc7c6sc6ccccc67)n5)cc4)nc4ccccc43)c2C1. The van der Waals surface area contributed by atoms with Crippen LogP contribution in [0.25, 0.3) is 92.4 Å². The molecule has 5 aromatic carbocycles. The van der Waals surface area contributed by atoms with Crippen molar-refractivity contribution >= 4 is 69.9 Å². The molecule has 0 radical (unpaired) electrons. The van der Waals surface area contributed by atoms with E-state index in [4.69, 9.17) is 15.0 Å². The highest BCUT2D eigenvalue weighted by Crippen LogP contribution is 2.44. The fourth-order valence-corrected chi connectivity index (χ4v) is 9.41. The van der Waals surface area contributed by atoms with Gasteiger partial charge in [-0.2, -0.15) is 0 Å². The van der Waals surface area contributed by atoms with Crippen LogP contribution in [-0.2, 0) is 6.42 Å². The molecule has 0 fully saturated rings. The zero-order chi connectivity index (χ0) is 30.9. The molecule has 0 saturated heterocycles. The zero-order valence-corrected chi connectivity index (χ0v) is 26.8. The Bertz CT molecular complexity index is 2700. The summed E-state index contributed by atoms with van der Waals surface area (Å²) in [5, 5.41) is 5.05. The summed E-state index contributed by atoms with van der Waals surface area (Å²) >= 11 is 3.71. The monoisotopic (exact) mass is 635 g/mol. The second-order valence-corrected chi connectivity index (χ2v) is 14.0. The molecule has 4 aromatic heterocycles. The highest BCUT2D eigenvalue weighted by Gasteiger charge is 2.21. The minimum atomic E-state index is 0.711. The lowest BCUT2D eigenvalue weighted by Gasteiger charge is -2.11. The molecular weight excluding hydrogens is 611 g/mol. The summed E-state index contributed by atoms with van der Waals surface area (Å²) in [5.41, 5.74) is 9.58. The van der Waals surface area contributed by atoms with Crippen LogP contribution >= 0.6 is 22.7 Å². The lowest BCUT2D eigenvalue weighted by atomic mass is 10.00. The smallest absolute Gasteiger partial charge is 0.160 e. The van der Waals surface area contributed by atoms with Crippen LogP contribution in [0.2, 0.25) is 0 Å². The highest BCUT2D eigenvalue weighted by atomic mass is 32.1. The molecule has 1 aliphatic carbocycles. The van der Waals surface area contributed by atoms with Crippen molar-refractivity contribution in [2.24, 2.45) is 0 Å². The summed E-state index contributed by atoms with van der Waals surface area (Å²) < 4.78 is 3.85. The number of thiophene rings is 2. The molecule has 0 unspecified atom stereocenters. The second kappa shape index (κ2) is 10.5. The van der Waals surface area contributed by atoms with E-state index < -0.39 is 0 Å². The number of benzene rings is 5. The van der Waals surface area contributed by atoms with Gasteiger partial charge in [0.25, 0.3) is 0 Å². The molecular formula is C42H25N3S2. The quantitative estimate of drug-likeness (QED) is 0.193. The molecule has 1 aliphatic rings. The first kappa shape index (κ1) is 26.7. The predicted molar refractivity (Wildman–Crippen MR) is 200 cm³/mol. The van der Waals surface area contributed by atoms with Crippen molar-refractivity contribution in [2.75, 3.05) is 0 Å².